The van der Waals surface area contributed by atoms with Crippen molar-refractivity contribution in [2.45, 2.75) is 26.6 Å². The highest BCUT2D eigenvalue weighted by Crippen LogP contribution is 2.24. The van der Waals surface area contributed by atoms with E-state index in [1.807, 2.05) is 31.2 Å². The molecule has 0 saturated heterocycles. The molecule has 0 radical (unpaired) electrons. The third kappa shape index (κ3) is 3.04. The fraction of sp³-hybridized carbons (Fsp3) is 0.235. The number of aromatic nitrogens is 1. The summed E-state index contributed by atoms with van der Waals surface area (Å²) in [5.41, 5.74) is 1.53. The molecular formula is C17H17NO4. The van der Waals surface area contributed by atoms with Crippen LogP contribution in [0, 0.1) is 6.92 Å². The van der Waals surface area contributed by atoms with Crippen LogP contribution in [0.1, 0.15) is 30.0 Å². The average molecular weight is 299 g/mol. The molecule has 0 amide bonds. The minimum Gasteiger partial charge on any atom is -0.487 e. The van der Waals surface area contributed by atoms with Gasteiger partial charge in [0.05, 0.1) is 12.4 Å². The highest BCUT2D eigenvalue weighted by Gasteiger charge is 2.14. The first-order chi connectivity index (χ1) is 10.6. The number of furan rings is 1. The SMILES string of the molecule is Cc1oc(-c2ccco2)nc1COc1cccc(C(C)O)c1. The maximum Gasteiger partial charge on any atom is 0.263 e. The summed E-state index contributed by atoms with van der Waals surface area (Å²) in [4.78, 5) is 4.39. The summed E-state index contributed by atoms with van der Waals surface area (Å²) in [7, 11) is 0. The first-order valence-corrected chi connectivity index (χ1v) is 7.04. The van der Waals surface area contributed by atoms with Gasteiger partial charge in [0.1, 0.15) is 23.8 Å². The number of ether oxygens (including phenoxy) is 1. The van der Waals surface area contributed by atoms with Crippen LogP contribution in [0.2, 0.25) is 0 Å². The molecule has 0 bridgehead atoms. The van der Waals surface area contributed by atoms with E-state index >= 15 is 0 Å². The number of hydrogen-bond acceptors (Lipinski definition) is 5. The van der Waals surface area contributed by atoms with Crippen LogP contribution < -0.4 is 4.74 Å². The highest BCUT2D eigenvalue weighted by atomic mass is 16.5. The summed E-state index contributed by atoms with van der Waals surface area (Å²) in [6.07, 6.45) is 1.05. The second kappa shape index (κ2) is 6.07. The van der Waals surface area contributed by atoms with Crippen molar-refractivity contribution in [2.24, 2.45) is 0 Å². The Kier molecular flexibility index (Phi) is 3.98. The van der Waals surface area contributed by atoms with Gasteiger partial charge in [-0.1, -0.05) is 12.1 Å². The Morgan fingerprint density at radius 1 is 1.27 bits per heavy atom. The van der Waals surface area contributed by atoms with Crippen molar-refractivity contribution >= 4 is 0 Å². The second-order valence-corrected chi connectivity index (χ2v) is 5.04. The van der Waals surface area contributed by atoms with Gasteiger partial charge >= 0.3 is 0 Å². The molecule has 3 rings (SSSR count). The van der Waals surface area contributed by atoms with Gasteiger partial charge in [-0.3, -0.25) is 0 Å². The average Bonchev–Trinajstić information content (AvgIpc) is 3.15. The van der Waals surface area contributed by atoms with Gasteiger partial charge in [0, 0.05) is 0 Å². The molecule has 22 heavy (non-hydrogen) atoms. The lowest BCUT2D eigenvalue weighted by molar-refractivity contribution is 0.198. The lowest BCUT2D eigenvalue weighted by atomic mass is 10.1. The van der Waals surface area contributed by atoms with Gasteiger partial charge in [0.2, 0.25) is 0 Å². The first-order valence-electron chi connectivity index (χ1n) is 7.04. The van der Waals surface area contributed by atoms with E-state index in [1.54, 1.807) is 25.3 Å². The van der Waals surface area contributed by atoms with Crippen molar-refractivity contribution in [1.82, 2.24) is 4.98 Å². The number of benzene rings is 1. The van der Waals surface area contributed by atoms with Gasteiger partial charge in [-0.2, -0.15) is 0 Å². The van der Waals surface area contributed by atoms with E-state index in [1.165, 1.54) is 0 Å². The molecule has 1 N–H and O–H groups in total. The Bertz CT molecular complexity index is 744. The van der Waals surface area contributed by atoms with Crippen LogP contribution in [0.3, 0.4) is 0 Å². The van der Waals surface area contributed by atoms with Gasteiger partial charge in [0.25, 0.3) is 5.89 Å². The van der Waals surface area contributed by atoms with Gasteiger partial charge in [-0.15, -0.1) is 0 Å². The van der Waals surface area contributed by atoms with Gasteiger partial charge in [0.15, 0.2) is 5.76 Å². The predicted octanol–water partition coefficient (Wildman–Crippen LogP) is 3.88. The lowest BCUT2D eigenvalue weighted by Crippen LogP contribution is -1.99. The number of aryl methyl sites for hydroxylation is 1. The van der Waals surface area contributed by atoms with Gasteiger partial charge < -0.3 is 18.7 Å². The highest BCUT2D eigenvalue weighted by molar-refractivity contribution is 5.44. The molecule has 0 saturated carbocycles. The minimum atomic E-state index is -0.525. The predicted molar refractivity (Wildman–Crippen MR) is 80.3 cm³/mol. The summed E-state index contributed by atoms with van der Waals surface area (Å²) in [5, 5.41) is 9.59. The van der Waals surface area contributed by atoms with Crippen molar-refractivity contribution in [1.29, 1.82) is 0 Å². The molecule has 114 valence electrons. The molecule has 3 aromatic rings. The molecule has 5 heteroatoms. The maximum absolute atomic E-state index is 9.59. The Hall–Kier alpha value is -2.53. The normalized spacial score (nSPS) is 12.3. The number of aliphatic hydroxyl groups is 1. The quantitative estimate of drug-likeness (QED) is 0.774. The number of hydrogen-bond donors (Lipinski definition) is 1. The monoisotopic (exact) mass is 299 g/mol. The molecule has 2 heterocycles. The van der Waals surface area contributed by atoms with Gasteiger partial charge in [-0.05, 0) is 43.7 Å². The molecular weight excluding hydrogens is 282 g/mol. The van der Waals surface area contributed by atoms with Crippen LogP contribution in [-0.2, 0) is 6.61 Å². The zero-order chi connectivity index (χ0) is 15.5. The van der Waals surface area contributed by atoms with E-state index in [9.17, 15) is 5.11 Å². The Labute approximate surface area is 128 Å². The molecule has 0 spiro atoms. The molecule has 0 aliphatic rings. The zero-order valence-corrected chi connectivity index (χ0v) is 12.4. The summed E-state index contributed by atoms with van der Waals surface area (Å²) < 4.78 is 16.6. The summed E-state index contributed by atoms with van der Waals surface area (Å²) >= 11 is 0. The smallest absolute Gasteiger partial charge is 0.263 e. The van der Waals surface area contributed by atoms with Crippen LogP contribution in [-0.4, -0.2) is 10.1 Å². The topological polar surface area (TPSA) is 68.6 Å². The van der Waals surface area contributed by atoms with E-state index in [4.69, 9.17) is 13.6 Å². The van der Waals surface area contributed by atoms with Crippen molar-refractivity contribution in [2.75, 3.05) is 0 Å². The Morgan fingerprint density at radius 2 is 2.14 bits per heavy atom. The maximum atomic E-state index is 9.59. The largest absolute Gasteiger partial charge is 0.487 e. The van der Waals surface area contributed by atoms with E-state index in [2.05, 4.69) is 4.98 Å². The lowest BCUT2D eigenvalue weighted by Gasteiger charge is -2.08. The Morgan fingerprint density at radius 3 is 2.86 bits per heavy atom. The molecule has 0 aliphatic heterocycles. The van der Waals surface area contributed by atoms with E-state index in [0.717, 1.165) is 5.56 Å². The third-order valence-corrected chi connectivity index (χ3v) is 3.34. The molecule has 1 unspecified atom stereocenters. The van der Waals surface area contributed by atoms with Crippen LogP contribution in [0.4, 0.5) is 0 Å². The number of oxazole rings is 1. The first kappa shape index (κ1) is 14.4. The van der Waals surface area contributed by atoms with Gasteiger partial charge in [-0.25, -0.2) is 4.98 Å². The van der Waals surface area contributed by atoms with Crippen LogP contribution in [0.25, 0.3) is 11.7 Å². The standard InChI is InChI=1S/C17H17NO4/c1-11(19)13-5-3-6-14(9-13)21-10-15-12(2)22-17(18-15)16-7-4-8-20-16/h3-9,11,19H,10H2,1-2H3. The number of nitrogens with zero attached hydrogens (tertiary/aromatic N) is 1. The van der Waals surface area contributed by atoms with Crippen LogP contribution in [0.15, 0.2) is 51.5 Å². The molecule has 1 atom stereocenters. The fourth-order valence-electron chi connectivity index (χ4n) is 2.08. The van der Waals surface area contributed by atoms with Crippen LogP contribution in [0.5, 0.6) is 5.75 Å². The van der Waals surface area contributed by atoms with E-state index in [-0.39, 0.29) is 0 Å². The zero-order valence-electron chi connectivity index (χ0n) is 12.4. The third-order valence-electron chi connectivity index (χ3n) is 3.34. The van der Waals surface area contributed by atoms with E-state index < -0.39 is 6.10 Å². The van der Waals surface area contributed by atoms with E-state index in [0.29, 0.717) is 35.5 Å². The summed E-state index contributed by atoms with van der Waals surface area (Å²) in [6, 6.07) is 10.9. The molecule has 0 aliphatic carbocycles. The van der Waals surface area contributed by atoms with Crippen LogP contribution >= 0.6 is 0 Å². The second-order valence-electron chi connectivity index (χ2n) is 5.04. The number of aliphatic hydroxyl groups excluding tert-OH is 1. The Balaban J connectivity index is 1.73. The number of rotatable bonds is 5. The summed E-state index contributed by atoms with van der Waals surface area (Å²) in [6.45, 7) is 3.85. The fourth-order valence-corrected chi connectivity index (χ4v) is 2.08. The molecule has 2 aromatic heterocycles. The minimum absolute atomic E-state index is 0.291. The molecule has 5 nitrogen and oxygen atoms in total. The molecule has 1 aromatic carbocycles. The van der Waals surface area contributed by atoms with Crippen molar-refractivity contribution in [3.63, 3.8) is 0 Å². The van der Waals surface area contributed by atoms with Crippen molar-refractivity contribution in [3.8, 4) is 17.4 Å². The van der Waals surface area contributed by atoms with Crippen molar-refractivity contribution < 1.29 is 18.7 Å². The molecule has 0 fully saturated rings. The summed E-state index contributed by atoms with van der Waals surface area (Å²) in [5.74, 6) is 2.41. The van der Waals surface area contributed by atoms with Crippen molar-refractivity contribution in [3.05, 3.63) is 59.7 Å².